The predicted molar refractivity (Wildman–Crippen MR) is 109 cm³/mol. The highest BCUT2D eigenvalue weighted by molar-refractivity contribution is 7.22. The first-order chi connectivity index (χ1) is 13.1. The maximum absolute atomic E-state index is 13.1. The minimum Gasteiger partial charge on any atom is -0.376 e. The van der Waals surface area contributed by atoms with E-state index in [1.54, 1.807) is 9.47 Å². The first kappa shape index (κ1) is 18.3. The van der Waals surface area contributed by atoms with E-state index in [1.807, 2.05) is 36.6 Å². The van der Waals surface area contributed by atoms with Gasteiger partial charge in [-0.15, -0.1) is 0 Å². The van der Waals surface area contributed by atoms with Crippen molar-refractivity contribution < 1.29 is 9.53 Å². The largest absolute Gasteiger partial charge is 0.376 e. The summed E-state index contributed by atoms with van der Waals surface area (Å²) in [5.41, 5.74) is 1.79. The molecule has 1 amide bonds. The van der Waals surface area contributed by atoms with Gasteiger partial charge in [0.05, 0.1) is 22.9 Å². The van der Waals surface area contributed by atoms with Crippen LogP contribution in [0.5, 0.6) is 0 Å². The fourth-order valence-corrected chi connectivity index (χ4v) is 5.02. The molecule has 1 unspecified atom stereocenters. The van der Waals surface area contributed by atoms with Gasteiger partial charge in [-0.2, -0.15) is 0 Å². The van der Waals surface area contributed by atoms with Crippen molar-refractivity contribution in [2.75, 3.05) is 18.1 Å². The Morgan fingerprint density at radius 3 is 2.96 bits per heavy atom. The van der Waals surface area contributed by atoms with Gasteiger partial charge < -0.3 is 9.30 Å². The van der Waals surface area contributed by atoms with Gasteiger partial charge in [0.25, 0.3) is 0 Å². The summed E-state index contributed by atoms with van der Waals surface area (Å²) in [5.74, 6) is -0.0259. The van der Waals surface area contributed by atoms with Crippen molar-refractivity contribution in [3.8, 4) is 0 Å². The van der Waals surface area contributed by atoms with Crippen LogP contribution >= 0.6 is 22.7 Å². The van der Waals surface area contributed by atoms with Crippen molar-refractivity contribution in [3.63, 3.8) is 0 Å². The Morgan fingerprint density at radius 2 is 2.26 bits per heavy atom. The number of amides is 1. The van der Waals surface area contributed by atoms with Crippen LogP contribution in [0.1, 0.15) is 25.0 Å². The van der Waals surface area contributed by atoms with E-state index in [9.17, 15) is 9.59 Å². The summed E-state index contributed by atoms with van der Waals surface area (Å²) in [6.07, 6.45) is 2.29. The number of thiazole rings is 2. The van der Waals surface area contributed by atoms with Crippen LogP contribution in [0, 0.1) is 6.92 Å². The molecule has 3 heterocycles. The summed E-state index contributed by atoms with van der Waals surface area (Å²) < 4.78 is 8.46. The highest BCUT2D eigenvalue weighted by atomic mass is 32.1. The van der Waals surface area contributed by atoms with Crippen molar-refractivity contribution in [1.29, 1.82) is 0 Å². The number of ether oxygens (including phenoxy) is 1. The molecule has 1 aliphatic heterocycles. The number of aromatic nitrogens is 2. The van der Waals surface area contributed by atoms with Gasteiger partial charge >= 0.3 is 4.87 Å². The van der Waals surface area contributed by atoms with Crippen LogP contribution in [-0.2, 0) is 16.1 Å². The van der Waals surface area contributed by atoms with Gasteiger partial charge in [0.1, 0.15) is 0 Å². The van der Waals surface area contributed by atoms with Gasteiger partial charge in [-0.25, -0.2) is 4.98 Å². The molecule has 0 spiro atoms. The number of hydrogen-bond donors (Lipinski definition) is 0. The maximum Gasteiger partial charge on any atom is 0.307 e. The number of carbonyl (C=O) groups excluding carboxylic acids is 1. The lowest BCUT2D eigenvalue weighted by Gasteiger charge is -2.23. The number of hydrogen-bond acceptors (Lipinski definition) is 6. The SMILES string of the molecule is Cc1csc(=O)n1CCC(=O)N(CC1CCCO1)c1nc2ccccc2s1. The Balaban J connectivity index is 1.56. The number of nitrogens with zero attached hydrogens (tertiary/aromatic N) is 3. The van der Waals surface area contributed by atoms with E-state index in [-0.39, 0.29) is 23.3 Å². The fourth-order valence-electron chi connectivity index (χ4n) is 3.27. The van der Waals surface area contributed by atoms with Crippen molar-refractivity contribution in [2.24, 2.45) is 0 Å². The molecule has 4 rings (SSSR count). The maximum atomic E-state index is 13.1. The predicted octanol–water partition coefficient (Wildman–Crippen LogP) is 3.43. The molecule has 142 valence electrons. The summed E-state index contributed by atoms with van der Waals surface area (Å²) in [6, 6.07) is 7.89. The standard InChI is InChI=1S/C19H21N3O3S2/c1-13-12-26-19(24)21(13)9-8-17(23)22(11-14-5-4-10-25-14)18-20-15-6-2-3-7-16(15)27-18/h2-3,6-7,12,14H,4-5,8-11H2,1H3. The normalized spacial score (nSPS) is 16.9. The number of carbonyl (C=O) groups is 1. The molecule has 0 bridgehead atoms. The Kier molecular flexibility index (Phi) is 5.38. The fraction of sp³-hybridized carbons (Fsp3) is 0.421. The van der Waals surface area contributed by atoms with Crippen LogP contribution in [0.15, 0.2) is 34.4 Å². The van der Waals surface area contributed by atoms with Crippen LogP contribution in [0.4, 0.5) is 5.13 Å². The zero-order valence-electron chi connectivity index (χ0n) is 15.1. The van der Waals surface area contributed by atoms with Gasteiger partial charge in [-0.3, -0.25) is 14.5 Å². The molecule has 2 aromatic heterocycles. The number of fused-ring (bicyclic) bond motifs is 1. The molecule has 6 nitrogen and oxygen atoms in total. The minimum atomic E-state index is -0.0259. The molecule has 3 aromatic rings. The Morgan fingerprint density at radius 1 is 1.41 bits per heavy atom. The molecule has 0 aliphatic carbocycles. The van der Waals surface area contributed by atoms with E-state index < -0.39 is 0 Å². The average Bonchev–Trinajstić information content (AvgIpc) is 3.39. The van der Waals surface area contributed by atoms with Crippen molar-refractivity contribution in [1.82, 2.24) is 9.55 Å². The van der Waals surface area contributed by atoms with E-state index in [0.717, 1.165) is 35.4 Å². The first-order valence-corrected chi connectivity index (χ1v) is 10.7. The van der Waals surface area contributed by atoms with Gasteiger partial charge in [-0.1, -0.05) is 34.8 Å². The molecule has 8 heteroatoms. The lowest BCUT2D eigenvalue weighted by Crippen LogP contribution is -2.38. The second-order valence-corrected chi connectivity index (χ2v) is 8.48. The third-order valence-electron chi connectivity index (χ3n) is 4.75. The van der Waals surface area contributed by atoms with Gasteiger partial charge in [0, 0.05) is 30.6 Å². The van der Waals surface area contributed by atoms with Crippen molar-refractivity contribution in [2.45, 2.75) is 38.8 Å². The summed E-state index contributed by atoms with van der Waals surface area (Å²) in [7, 11) is 0. The second-order valence-electron chi connectivity index (χ2n) is 6.65. The van der Waals surface area contributed by atoms with E-state index in [1.165, 1.54) is 22.7 Å². The zero-order chi connectivity index (χ0) is 18.8. The van der Waals surface area contributed by atoms with E-state index in [4.69, 9.17) is 4.74 Å². The van der Waals surface area contributed by atoms with Crippen LogP contribution < -0.4 is 9.77 Å². The van der Waals surface area contributed by atoms with Gasteiger partial charge in [0.15, 0.2) is 5.13 Å². The molecule has 1 atom stereocenters. The lowest BCUT2D eigenvalue weighted by molar-refractivity contribution is -0.119. The minimum absolute atomic E-state index is 0.0223. The topological polar surface area (TPSA) is 64.4 Å². The molecular weight excluding hydrogens is 382 g/mol. The van der Waals surface area contributed by atoms with Crippen LogP contribution in [-0.4, -0.2) is 34.7 Å². The van der Waals surface area contributed by atoms with Crippen LogP contribution in [0.25, 0.3) is 10.2 Å². The average molecular weight is 404 g/mol. The third-order valence-corrected chi connectivity index (χ3v) is 6.69. The van der Waals surface area contributed by atoms with Gasteiger partial charge in [0.2, 0.25) is 5.91 Å². The Bertz CT molecular complexity index is 968. The van der Waals surface area contributed by atoms with E-state index in [2.05, 4.69) is 4.98 Å². The molecule has 1 aliphatic rings. The molecule has 1 saturated heterocycles. The monoisotopic (exact) mass is 403 g/mol. The quantitative estimate of drug-likeness (QED) is 0.633. The summed E-state index contributed by atoms with van der Waals surface area (Å²) in [5, 5.41) is 2.52. The number of aryl methyl sites for hydroxylation is 1. The van der Waals surface area contributed by atoms with Crippen molar-refractivity contribution in [3.05, 3.63) is 45.0 Å². The number of anilines is 1. The number of benzene rings is 1. The molecule has 27 heavy (non-hydrogen) atoms. The molecule has 1 fully saturated rings. The highest BCUT2D eigenvalue weighted by Gasteiger charge is 2.26. The van der Waals surface area contributed by atoms with Crippen LogP contribution in [0.3, 0.4) is 0 Å². The number of para-hydroxylation sites is 1. The van der Waals surface area contributed by atoms with E-state index in [0.29, 0.717) is 18.2 Å². The van der Waals surface area contributed by atoms with E-state index >= 15 is 0 Å². The molecule has 1 aromatic carbocycles. The highest BCUT2D eigenvalue weighted by Crippen LogP contribution is 2.30. The third kappa shape index (κ3) is 3.97. The van der Waals surface area contributed by atoms with Crippen molar-refractivity contribution >= 4 is 43.9 Å². The van der Waals surface area contributed by atoms with Crippen LogP contribution in [0.2, 0.25) is 0 Å². The molecule has 0 saturated carbocycles. The lowest BCUT2D eigenvalue weighted by atomic mass is 10.2. The summed E-state index contributed by atoms with van der Waals surface area (Å²) in [6.45, 7) is 3.53. The summed E-state index contributed by atoms with van der Waals surface area (Å²) in [4.78, 5) is 31.3. The second kappa shape index (κ2) is 7.92. The summed E-state index contributed by atoms with van der Waals surface area (Å²) >= 11 is 2.69. The molecular formula is C19H21N3O3S2. The van der Waals surface area contributed by atoms with Gasteiger partial charge in [-0.05, 0) is 31.9 Å². The number of rotatable bonds is 6. The Hall–Kier alpha value is -2.03. The zero-order valence-corrected chi connectivity index (χ0v) is 16.7. The smallest absolute Gasteiger partial charge is 0.307 e. The molecule has 0 radical (unpaired) electrons. The Labute approximate surface area is 165 Å². The molecule has 0 N–H and O–H groups in total. The first-order valence-electron chi connectivity index (χ1n) is 9.04.